The van der Waals surface area contributed by atoms with Crippen LogP contribution in [0.4, 0.5) is 0 Å². The molecule has 0 saturated heterocycles. The van der Waals surface area contributed by atoms with Crippen LogP contribution in [-0.2, 0) is 17.9 Å². The third kappa shape index (κ3) is 6.81. The first-order valence-corrected chi connectivity index (χ1v) is 11.8. The highest BCUT2D eigenvalue weighted by Crippen LogP contribution is 2.33. The smallest absolute Gasteiger partial charge is 0.305 e. The number of nitrogens with zero attached hydrogens (tertiary/aromatic N) is 1. The summed E-state index contributed by atoms with van der Waals surface area (Å²) >= 11 is 0. The molecule has 35 heavy (non-hydrogen) atoms. The van der Waals surface area contributed by atoms with E-state index in [1.807, 2.05) is 79.9 Å². The molecule has 0 aliphatic heterocycles. The molecule has 3 rings (SSSR count). The lowest BCUT2D eigenvalue weighted by Gasteiger charge is -2.16. The maximum absolute atomic E-state index is 13.4. The summed E-state index contributed by atoms with van der Waals surface area (Å²) in [5, 5.41) is 32.1. The van der Waals surface area contributed by atoms with Crippen LogP contribution in [0.1, 0.15) is 52.1 Å². The van der Waals surface area contributed by atoms with Crippen LogP contribution in [0.3, 0.4) is 0 Å². The van der Waals surface area contributed by atoms with E-state index in [4.69, 9.17) is 5.11 Å². The molecule has 186 valence electrons. The summed E-state index contributed by atoms with van der Waals surface area (Å²) in [6.07, 6.45) is -2.05. The summed E-state index contributed by atoms with van der Waals surface area (Å²) in [6.45, 7) is 6.72. The second-order valence-corrected chi connectivity index (χ2v) is 9.04. The van der Waals surface area contributed by atoms with E-state index in [2.05, 4.69) is 5.32 Å². The third-order valence-corrected chi connectivity index (χ3v) is 6.29. The topological polar surface area (TPSA) is 112 Å². The molecular weight excluding hydrogens is 444 g/mol. The van der Waals surface area contributed by atoms with Gasteiger partial charge in [-0.2, -0.15) is 0 Å². The number of nitrogens with one attached hydrogen (secondary N) is 1. The molecule has 0 bridgehead atoms. The molecule has 2 atom stereocenters. The van der Waals surface area contributed by atoms with Gasteiger partial charge in [-0.1, -0.05) is 60.2 Å². The number of hydrogen-bond donors (Lipinski definition) is 4. The number of carbonyl (C=O) groups is 2. The number of hydrogen-bond acceptors (Lipinski definition) is 4. The van der Waals surface area contributed by atoms with Crippen molar-refractivity contribution in [1.82, 2.24) is 9.88 Å². The van der Waals surface area contributed by atoms with Gasteiger partial charge in [0.2, 0.25) is 0 Å². The van der Waals surface area contributed by atoms with E-state index >= 15 is 0 Å². The number of carboxylic acid groups (broad SMARTS) is 1. The third-order valence-electron chi connectivity index (χ3n) is 6.29. The van der Waals surface area contributed by atoms with Crippen LogP contribution >= 0.6 is 0 Å². The summed E-state index contributed by atoms with van der Waals surface area (Å²) in [6, 6.07) is 17.8. The number of carbonyl (C=O) groups excluding carboxylic acids is 1. The number of aliphatic hydroxyl groups excluding tert-OH is 2. The van der Waals surface area contributed by atoms with Gasteiger partial charge < -0.3 is 25.2 Å². The molecule has 7 heteroatoms. The van der Waals surface area contributed by atoms with E-state index in [1.54, 1.807) is 0 Å². The van der Waals surface area contributed by atoms with Crippen molar-refractivity contribution in [2.75, 3.05) is 0 Å². The molecule has 0 fully saturated rings. The normalized spacial score (nSPS) is 12.8. The molecule has 0 saturated carbocycles. The zero-order valence-corrected chi connectivity index (χ0v) is 20.5. The van der Waals surface area contributed by atoms with Crippen molar-refractivity contribution in [3.8, 4) is 11.1 Å². The number of aryl methyl sites for hydroxylation is 1. The predicted molar refractivity (Wildman–Crippen MR) is 135 cm³/mol. The maximum atomic E-state index is 13.4. The number of aliphatic carboxylic acids is 1. The van der Waals surface area contributed by atoms with Crippen molar-refractivity contribution in [3.05, 3.63) is 82.7 Å². The monoisotopic (exact) mass is 478 g/mol. The van der Waals surface area contributed by atoms with Crippen molar-refractivity contribution in [3.63, 3.8) is 0 Å². The Bertz CT molecular complexity index is 1150. The minimum Gasteiger partial charge on any atom is -0.481 e. The molecule has 1 amide bonds. The van der Waals surface area contributed by atoms with Gasteiger partial charge in [-0.25, -0.2) is 0 Å². The summed E-state index contributed by atoms with van der Waals surface area (Å²) in [5.74, 6) is -1.27. The van der Waals surface area contributed by atoms with Gasteiger partial charge >= 0.3 is 5.97 Å². The van der Waals surface area contributed by atoms with Gasteiger partial charge in [-0.05, 0) is 44.7 Å². The van der Waals surface area contributed by atoms with E-state index in [-0.39, 0.29) is 12.3 Å². The highest BCUT2D eigenvalue weighted by Gasteiger charge is 2.25. The van der Waals surface area contributed by atoms with Crippen LogP contribution in [0.25, 0.3) is 11.1 Å². The number of amides is 1. The van der Waals surface area contributed by atoms with Crippen LogP contribution in [0.2, 0.25) is 0 Å². The first-order valence-electron chi connectivity index (χ1n) is 11.8. The van der Waals surface area contributed by atoms with Crippen LogP contribution in [-0.4, -0.2) is 44.0 Å². The largest absolute Gasteiger partial charge is 0.481 e. The van der Waals surface area contributed by atoms with E-state index in [0.717, 1.165) is 33.6 Å². The van der Waals surface area contributed by atoms with Gasteiger partial charge in [0.15, 0.2) is 0 Å². The molecule has 0 spiro atoms. The average Bonchev–Trinajstić information content (AvgIpc) is 3.06. The molecule has 0 radical (unpaired) electrons. The Balaban J connectivity index is 1.87. The molecular formula is C28H34N2O5. The van der Waals surface area contributed by atoms with Gasteiger partial charge in [0, 0.05) is 30.0 Å². The van der Waals surface area contributed by atoms with Crippen LogP contribution < -0.4 is 5.32 Å². The second-order valence-electron chi connectivity index (χ2n) is 9.04. The van der Waals surface area contributed by atoms with Gasteiger partial charge in [0.1, 0.15) is 0 Å². The van der Waals surface area contributed by atoms with Gasteiger partial charge in [-0.15, -0.1) is 0 Å². The summed E-state index contributed by atoms with van der Waals surface area (Å²) in [7, 11) is 0. The fourth-order valence-electron chi connectivity index (χ4n) is 4.43. The summed E-state index contributed by atoms with van der Waals surface area (Å²) < 4.78 is 2.01. The Kier molecular flexibility index (Phi) is 8.84. The predicted octanol–water partition coefficient (Wildman–Crippen LogP) is 3.99. The van der Waals surface area contributed by atoms with Gasteiger partial charge in [-0.3, -0.25) is 9.59 Å². The van der Waals surface area contributed by atoms with Crippen molar-refractivity contribution in [2.24, 2.45) is 0 Å². The molecule has 0 unspecified atom stereocenters. The minimum atomic E-state index is -1.10. The molecule has 7 nitrogen and oxygen atoms in total. The molecule has 3 aromatic rings. The van der Waals surface area contributed by atoms with E-state index in [1.165, 1.54) is 0 Å². The quantitative estimate of drug-likeness (QED) is 0.333. The Morgan fingerprint density at radius 2 is 1.57 bits per heavy atom. The molecule has 1 heterocycles. The van der Waals surface area contributed by atoms with Crippen molar-refractivity contribution in [2.45, 2.75) is 65.3 Å². The van der Waals surface area contributed by atoms with Crippen molar-refractivity contribution < 1.29 is 24.9 Å². The molecule has 4 N–H and O–H groups in total. The van der Waals surface area contributed by atoms with Crippen molar-refractivity contribution >= 4 is 11.9 Å². The first-order chi connectivity index (χ1) is 16.7. The van der Waals surface area contributed by atoms with E-state index < -0.39 is 24.6 Å². The van der Waals surface area contributed by atoms with Gasteiger partial charge in [0.25, 0.3) is 5.91 Å². The van der Waals surface area contributed by atoms with E-state index in [9.17, 15) is 19.8 Å². The molecule has 0 aliphatic carbocycles. The number of aromatic nitrogens is 1. The van der Waals surface area contributed by atoms with Crippen LogP contribution in [0, 0.1) is 20.8 Å². The lowest BCUT2D eigenvalue weighted by atomic mass is 9.99. The van der Waals surface area contributed by atoms with E-state index in [0.29, 0.717) is 25.1 Å². The SMILES string of the molecule is Cc1ccc(-c2c(C(=O)NCc3ccccc3)c(C)n(CC[C@@H](O)C[C@@H](O)CC(=O)O)c2C)cc1. The lowest BCUT2D eigenvalue weighted by Crippen LogP contribution is -2.24. The number of benzene rings is 2. The second kappa shape index (κ2) is 11.8. The fraction of sp³-hybridized carbons (Fsp3) is 0.357. The number of carboxylic acids is 1. The Labute approximate surface area is 206 Å². The average molecular weight is 479 g/mol. The number of rotatable bonds is 11. The Morgan fingerprint density at radius 1 is 0.914 bits per heavy atom. The first kappa shape index (κ1) is 26.2. The van der Waals surface area contributed by atoms with Crippen molar-refractivity contribution in [1.29, 1.82) is 0 Å². The zero-order valence-electron chi connectivity index (χ0n) is 20.5. The van der Waals surface area contributed by atoms with Gasteiger partial charge in [0.05, 0.1) is 24.2 Å². The standard InChI is InChI=1S/C28H34N2O5/c1-18-9-11-22(12-10-18)26-19(2)30(14-13-23(31)15-24(32)16-25(33)34)20(3)27(26)28(35)29-17-21-7-5-4-6-8-21/h4-12,23-24,31-32H,13-17H2,1-3H3,(H,29,35)(H,33,34)/t23-,24-/m1/s1. The summed E-state index contributed by atoms with van der Waals surface area (Å²) in [5.41, 5.74) is 6.24. The lowest BCUT2D eigenvalue weighted by molar-refractivity contribution is -0.139. The highest BCUT2D eigenvalue weighted by atomic mass is 16.4. The molecule has 1 aromatic heterocycles. The zero-order chi connectivity index (χ0) is 25.5. The van der Waals surface area contributed by atoms with Crippen LogP contribution in [0.15, 0.2) is 54.6 Å². The highest BCUT2D eigenvalue weighted by molar-refractivity contribution is 6.03. The van der Waals surface area contributed by atoms with Crippen LogP contribution in [0.5, 0.6) is 0 Å². The summed E-state index contributed by atoms with van der Waals surface area (Å²) in [4.78, 5) is 24.2. The maximum Gasteiger partial charge on any atom is 0.305 e. The molecule has 2 aromatic carbocycles. The fourth-order valence-corrected chi connectivity index (χ4v) is 4.43. The Hall–Kier alpha value is -3.42. The molecule has 0 aliphatic rings. The minimum absolute atomic E-state index is 0.0130. The Morgan fingerprint density at radius 3 is 2.20 bits per heavy atom. The number of aliphatic hydroxyl groups is 2.